The van der Waals surface area contributed by atoms with Crippen molar-refractivity contribution in [1.29, 1.82) is 0 Å². The van der Waals surface area contributed by atoms with Crippen molar-refractivity contribution in [1.82, 2.24) is 5.32 Å². The number of benzene rings is 1. The van der Waals surface area contributed by atoms with Gasteiger partial charge in [-0.2, -0.15) is 0 Å². The fraction of sp³-hybridized carbons (Fsp3) is 0.435. The Labute approximate surface area is 175 Å². The van der Waals surface area contributed by atoms with E-state index in [1.54, 1.807) is 32.9 Å². The van der Waals surface area contributed by atoms with E-state index in [9.17, 15) is 18.8 Å². The second-order valence-corrected chi connectivity index (χ2v) is 8.04. The predicted molar refractivity (Wildman–Crippen MR) is 108 cm³/mol. The van der Waals surface area contributed by atoms with Crippen molar-refractivity contribution in [3.63, 3.8) is 0 Å². The molecule has 0 saturated heterocycles. The zero-order valence-corrected chi connectivity index (χ0v) is 17.7. The summed E-state index contributed by atoms with van der Waals surface area (Å²) in [5.41, 5.74) is 2.43. The molecule has 160 valence electrons. The maximum Gasteiger partial charge on any atom is 0.337 e. The summed E-state index contributed by atoms with van der Waals surface area (Å²) in [6.45, 7) is 7.04. The van der Waals surface area contributed by atoms with Crippen LogP contribution in [0.2, 0.25) is 0 Å². The lowest BCUT2D eigenvalue weighted by atomic mass is 9.69. The molecule has 1 aromatic carbocycles. The van der Waals surface area contributed by atoms with Crippen LogP contribution in [0.25, 0.3) is 0 Å². The molecule has 6 nitrogen and oxygen atoms in total. The highest BCUT2D eigenvalue weighted by Crippen LogP contribution is 2.45. The summed E-state index contributed by atoms with van der Waals surface area (Å²) in [5, 5.41) is 3.18. The lowest BCUT2D eigenvalue weighted by molar-refractivity contribution is -0.151. The minimum Gasteiger partial charge on any atom is -0.468 e. The molecule has 3 rings (SSSR count). The van der Waals surface area contributed by atoms with Gasteiger partial charge in [0.2, 0.25) is 0 Å². The summed E-state index contributed by atoms with van der Waals surface area (Å²) in [4.78, 5) is 38.8. The zero-order chi connectivity index (χ0) is 22.2. The van der Waals surface area contributed by atoms with E-state index in [0.29, 0.717) is 29.0 Å². The van der Waals surface area contributed by atoms with Crippen LogP contribution in [0.3, 0.4) is 0 Å². The number of ketones is 1. The third-order valence-electron chi connectivity index (χ3n) is 5.51. The number of carbonyl (C=O) groups excluding carboxylic acids is 3. The van der Waals surface area contributed by atoms with E-state index in [2.05, 4.69) is 5.32 Å². The number of carbonyl (C=O) groups is 3. The summed E-state index contributed by atoms with van der Waals surface area (Å²) in [5.74, 6) is -3.96. The van der Waals surface area contributed by atoms with Crippen LogP contribution in [0.5, 0.6) is 0 Å². The number of dihydropyridines is 1. The van der Waals surface area contributed by atoms with Gasteiger partial charge in [0, 0.05) is 22.9 Å². The molecule has 3 atom stereocenters. The SMILES string of the molecule is COC(=O)[C@H]1C(=O)C2=C(C[C@@H]1C)NC(C)=C(C(=O)OC(C)C)[C@H]2c1ccc(F)cc1. The first-order chi connectivity index (χ1) is 14.1. The molecule has 0 fully saturated rings. The normalized spacial score (nSPS) is 23.8. The van der Waals surface area contributed by atoms with E-state index >= 15 is 0 Å². The Kier molecular flexibility index (Phi) is 6.10. The van der Waals surface area contributed by atoms with Crippen molar-refractivity contribution in [2.45, 2.75) is 46.1 Å². The van der Waals surface area contributed by atoms with Crippen LogP contribution in [0.4, 0.5) is 4.39 Å². The Balaban J connectivity index is 2.17. The Morgan fingerprint density at radius 1 is 1.20 bits per heavy atom. The van der Waals surface area contributed by atoms with Gasteiger partial charge in [0.25, 0.3) is 0 Å². The highest BCUT2D eigenvalue weighted by molar-refractivity contribution is 6.12. The minimum atomic E-state index is -0.959. The van der Waals surface area contributed by atoms with Gasteiger partial charge in [0.15, 0.2) is 5.78 Å². The highest BCUT2D eigenvalue weighted by atomic mass is 19.1. The minimum absolute atomic E-state index is 0.262. The monoisotopic (exact) mass is 415 g/mol. The van der Waals surface area contributed by atoms with Crippen molar-refractivity contribution in [2.24, 2.45) is 11.8 Å². The molecule has 2 aliphatic rings. The second-order valence-electron chi connectivity index (χ2n) is 8.04. The summed E-state index contributed by atoms with van der Waals surface area (Å²) in [7, 11) is 1.25. The standard InChI is InChI=1S/C23H26FNO5/c1-11(2)30-23(28)18-13(4)25-16-10-12(3)17(22(27)29-5)21(26)20(16)19(18)14-6-8-15(24)9-7-14/h6-9,11-12,17,19,25H,10H2,1-5H3/t12-,17+,19+/m0/s1. The fourth-order valence-corrected chi connectivity index (χ4v) is 4.22. The number of hydrogen-bond donors (Lipinski definition) is 1. The molecule has 0 amide bonds. The van der Waals surface area contributed by atoms with Crippen LogP contribution in [0.15, 0.2) is 46.8 Å². The molecule has 1 aliphatic heterocycles. The number of Topliss-reactive ketones (excluding diaryl/α,β-unsaturated/α-hetero) is 1. The quantitative estimate of drug-likeness (QED) is 0.600. The molecular weight excluding hydrogens is 389 g/mol. The molecule has 30 heavy (non-hydrogen) atoms. The Morgan fingerprint density at radius 3 is 2.40 bits per heavy atom. The molecule has 0 unspecified atom stereocenters. The Bertz CT molecular complexity index is 945. The van der Waals surface area contributed by atoms with E-state index in [-0.39, 0.29) is 23.4 Å². The van der Waals surface area contributed by atoms with Crippen molar-refractivity contribution >= 4 is 17.7 Å². The third-order valence-corrected chi connectivity index (χ3v) is 5.51. The Morgan fingerprint density at radius 2 is 1.83 bits per heavy atom. The molecule has 1 N–H and O–H groups in total. The molecule has 0 bridgehead atoms. The Hall–Kier alpha value is -2.96. The van der Waals surface area contributed by atoms with Crippen LogP contribution in [0, 0.1) is 17.7 Å². The summed E-state index contributed by atoms with van der Waals surface area (Å²) in [6, 6.07) is 5.66. The number of nitrogens with one attached hydrogen (secondary N) is 1. The number of esters is 2. The van der Waals surface area contributed by atoms with Gasteiger partial charge < -0.3 is 14.8 Å². The van der Waals surface area contributed by atoms with Gasteiger partial charge in [-0.05, 0) is 50.8 Å². The van der Waals surface area contributed by atoms with Crippen molar-refractivity contribution in [3.05, 3.63) is 58.2 Å². The zero-order valence-electron chi connectivity index (χ0n) is 17.7. The smallest absolute Gasteiger partial charge is 0.337 e. The first-order valence-corrected chi connectivity index (χ1v) is 9.95. The molecule has 0 radical (unpaired) electrons. The molecule has 0 aromatic heterocycles. The average molecular weight is 415 g/mol. The van der Waals surface area contributed by atoms with E-state index in [4.69, 9.17) is 9.47 Å². The number of ether oxygens (including phenoxy) is 2. The maximum atomic E-state index is 13.6. The predicted octanol–water partition coefficient (Wildman–Crippen LogP) is 3.39. The molecule has 7 heteroatoms. The van der Waals surface area contributed by atoms with E-state index in [1.165, 1.54) is 19.2 Å². The lowest BCUT2D eigenvalue weighted by Gasteiger charge is -2.38. The summed E-state index contributed by atoms with van der Waals surface area (Å²) >= 11 is 0. The van der Waals surface area contributed by atoms with Gasteiger partial charge in [-0.3, -0.25) is 9.59 Å². The molecule has 1 aromatic rings. The van der Waals surface area contributed by atoms with Gasteiger partial charge in [0.05, 0.1) is 18.8 Å². The third kappa shape index (κ3) is 3.88. The molecule has 0 spiro atoms. The molecule has 1 heterocycles. The molecular formula is C23H26FNO5. The number of allylic oxidation sites excluding steroid dienone is 3. The van der Waals surface area contributed by atoms with Crippen LogP contribution >= 0.6 is 0 Å². The van der Waals surface area contributed by atoms with E-state index < -0.39 is 29.6 Å². The van der Waals surface area contributed by atoms with E-state index in [1.807, 2.05) is 6.92 Å². The van der Waals surface area contributed by atoms with Gasteiger partial charge in [-0.1, -0.05) is 19.1 Å². The largest absolute Gasteiger partial charge is 0.468 e. The van der Waals surface area contributed by atoms with Gasteiger partial charge >= 0.3 is 11.9 Å². The van der Waals surface area contributed by atoms with Crippen LogP contribution in [-0.4, -0.2) is 30.9 Å². The fourth-order valence-electron chi connectivity index (χ4n) is 4.22. The van der Waals surface area contributed by atoms with Gasteiger partial charge in [-0.25, -0.2) is 9.18 Å². The number of rotatable bonds is 4. The molecule has 0 saturated carbocycles. The average Bonchev–Trinajstić information content (AvgIpc) is 2.66. The first kappa shape index (κ1) is 21.7. The van der Waals surface area contributed by atoms with Crippen molar-refractivity contribution in [2.75, 3.05) is 7.11 Å². The highest BCUT2D eigenvalue weighted by Gasteiger charge is 2.47. The van der Waals surface area contributed by atoms with Crippen LogP contribution < -0.4 is 5.32 Å². The van der Waals surface area contributed by atoms with Gasteiger partial charge in [0.1, 0.15) is 11.7 Å². The maximum absolute atomic E-state index is 13.6. The summed E-state index contributed by atoms with van der Waals surface area (Å²) in [6.07, 6.45) is 0.0921. The second kappa shape index (κ2) is 8.42. The number of halogens is 1. The molecule has 1 aliphatic carbocycles. The van der Waals surface area contributed by atoms with Crippen molar-refractivity contribution < 1.29 is 28.2 Å². The van der Waals surface area contributed by atoms with Gasteiger partial charge in [-0.15, -0.1) is 0 Å². The van der Waals surface area contributed by atoms with E-state index in [0.717, 1.165) is 0 Å². The first-order valence-electron chi connectivity index (χ1n) is 9.95. The summed E-state index contributed by atoms with van der Waals surface area (Å²) < 4.78 is 23.9. The van der Waals surface area contributed by atoms with Crippen LogP contribution in [0.1, 0.15) is 45.6 Å². The number of methoxy groups -OCH3 is 1. The lowest BCUT2D eigenvalue weighted by Crippen LogP contribution is -2.43. The van der Waals surface area contributed by atoms with Crippen molar-refractivity contribution in [3.8, 4) is 0 Å². The topological polar surface area (TPSA) is 81.7 Å². The number of hydrogen-bond acceptors (Lipinski definition) is 6. The van der Waals surface area contributed by atoms with Crippen LogP contribution in [-0.2, 0) is 23.9 Å².